The van der Waals surface area contributed by atoms with Crippen molar-refractivity contribution in [3.8, 4) is 0 Å². The molecule has 1 aliphatic heterocycles. The Morgan fingerprint density at radius 1 is 1.20 bits per heavy atom. The van der Waals surface area contributed by atoms with Gasteiger partial charge in [0.05, 0.1) is 0 Å². The molecule has 1 saturated heterocycles. The van der Waals surface area contributed by atoms with Crippen LogP contribution >= 0.6 is 11.6 Å². The summed E-state index contributed by atoms with van der Waals surface area (Å²) in [5.74, 6) is 0. The highest BCUT2D eigenvalue weighted by Gasteiger charge is 2.26. The molecule has 4 heteroatoms. The largest absolute Gasteiger partial charge is 0.324 e. The molecular weight excluding hydrogens is 270 g/mol. The van der Waals surface area contributed by atoms with Crippen LogP contribution in [0.5, 0.6) is 0 Å². The number of rotatable bonds is 4. The SMILES string of the molecule is CC1CN(CCC(N)c2ccc(Cl)cc2)CC(C)N1C. The molecule has 0 aliphatic carbocycles. The molecule has 3 unspecified atom stereocenters. The first-order chi connectivity index (χ1) is 9.47. The predicted molar refractivity (Wildman–Crippen MR) is 86.1 cm³/mol. The van der Waals surface area contributed by atoms with E-state index in [9.17, 15) is 0 Å². The Balaban J connectivity index is 1.84. The molecular formula is C16H26ClN3. The van der Waals surface area contributed by atoms with E-state index in [1.54, 1.807) is 0 Å². The Labute approximate surface area is 127 Å². The van der Waals surface area contributed by atoms with Crippen LogP contribution in [-0.2, 0) is 0 Å². The molecule has 0 saturated carbocycles. The van der Waals surface area contributed by atoms with E-state index in [0.29, 0.717) is 12.1 Å². The van der Waals surface area contributed by atoms with Gasteiger partial charge in [-0.05, 0) is 45.0 Å². The van der Waals surface area contributed by atoms with Gasteiger partial charge in [-0.15, -0.1) is 0 Å². The molecule has 0 spiro atoms. The van der Waals surface area contributed by atoms with E-state index in [-0.39, 0.29) is 6.04 Å². The number of likely N-dealkylation sites (N-methyl/N-ethyl adjacent to an activating group) is 1. The minimum absolute atomic E-state index is 0.0949. The average Bonchev–Trinajstić information content (AvgIpc) is 2.42. The second-order valence-corrected chi connectivity index (χ2v) is 6.51. The highest BCUT2D eigenvalue weighted by molar-refractivity contribution is 6.30. The first-order valence-corrected chi connectivity index (χ1v) is 7.80. The molecule has 1 aliphatic rings. The van der Waals surface area contributed by atoms with Gasteiger partial charge in [0.25, 0.3) is 0 Å². The van der Waals surface area contributed by atoms with E-state index in [4.69, 9.17) is 17.3 Å². The molecule has 0 radical (unpaired) electrons. The van der Waals surface area contributed by atoms with Crippen molar-refractivity contribution in [2.24, 2.45) is 5.73 Å². The highest BCUT2D eigenvalue weighted by Crippen LogP contribution is 2.19. The zero-order valence-electron chi connectivity index (χ0n) is 12.7. The molecule has 1 fully saturated rings. The Morgan fingerprint density at radius 2 is 1.75 bits per heavy atom. The molecule has 1 heterocycles. The van der Waals surface area contributed by atoms with E-state index in [0.717, 1.165) is 31.1 Å². The third-order valence-electron chi connectivity index (χ3n) is 4.49. The molecule has 1 aromatic carbocycles. The van der Waals surface area contributed by atoms with Crippen LogP contribution in [0.15, 0.2) is 24.3 Å². The summed E-state index contributed by atoms with van der Waals surface area (Å²) in [4.78, 5) is 4.99. The van der Waals surface area contributed by atoms with Gasteiger partial charge in [-0.2, -0.15) is 0 Å². The minimum atomic E-state index is 0.0949. The Hall–Kier alpha value is -0.610. The zero-order valence-corrected chi connectivity index (χ0v) is 13.5. The summed E-state index contributed by atoms with van der Waals surface area (Å²) in [6.45, 7) is 7.91. The molecule has 3 nitrogen and oxygen atoms in total. The lowest BCUT2D eigenvalue weighted by Gasteiger charge is -2.42. The molecule has 0 bridgehead atoms. The summed E-state index contributed by atoms with van der Waals surface area (Å²) >= 11 is 5.91. The second kappa shape index (κ2) is 6.90. The maximum atomic E-state index is 6.28. The normalized spacial score (nSPS) is 26.6. The fourth-order valence-electron chi connectivity index (χ4n) is 2.89. The van der Waals surface area contributed by atoms with Gasteiger partial charge in [0.2, 0.25) is 0 Å². The van der Waals surface area contributed by atoms with Crippen molar-refractivity contribution >= 4 is 11.6 Å². The highest BCUT2D eigenvalue weighted by atomic mass is 35.5. The number of benzene rings is 1. The predicted octanol–water partition coefficient (Wildman–Crippen LogP) is 2.75. The number of piperazine rings is 1. The van der Waals surface area contributed by atoms with Gasteiger partial charge >= 0.3 is 0 Å². The summed E-state index contributed by atoms with van der Waals surface area (Å²) in [6, 6.07) is 9.21. The average molecular weight is 296 g/mol. The molecule has 1 aromatic rings. The summed E-state index contributed by atoms with van der Waals surface area (Å²) in [5, 5.41) is 0.766. The number of nitrogens with two attached hydrogens (primary N) is 1. The van der Waals surface area contributed by atoms with Gasteiger partial charge in [-0.25, -0.2) is 0 Å². The van der Waals surface area contributed by atoms with E-state index in [1.165, 1.54) is 5.56 Å². The smallest absolute Gasteiger partial charge is 0.0406 e. The third-order valence-corrected chi connectivity index (χ3v) is 4.74. The molecule has 112 valence electrons. The fourth-order valence-corrected chi connectivity index (χ4v) is 3.02. The minimum Gasteiger partial charge on any atom is -0.324 e. The molecule has 3 atom stereocenters. The zero-order chi connectivity index (χ0) is 14.7. The Kier molecular flexibility index (Phi) is 5.44. The lowest BCUT2D eigenvalue weighted by molar-refractivity contribution is 0.0584. The van der Waals surface area contributed by atoms with Crippen molar-refractivity contribution in [3.05, 3.63) is 34.9 Å². The molecule has 20 heavy (non-hydrogen) atoms. The summed E-state index contributed by atoms with van der Waals surface area (Å²) in [5.41, 5.74) is 7.45. The van der Waals surface area contributed by atoms with Crippen molar-refractivity contribution in [1.29, 1.82) is 0 Å². The van der Waals surface area contributed by atoms with E-state index < -0.39 is 0 Å². The molecule has 2 rings (SSSR count). The molecule has 2 N–H and O–H groups in total. The van der Waals surface area contributed by atoms with Gasteiger partial charge in [-0.3, -0.25) is 4.90 Å². The van der Waals surface area contributed by atoms with Crippen LogP contribution in [0.2, 0.25) is 5.02 Å². The van der Waals surface area contributed by atoms with E-state index in [1.807, 2.05) is 24.3 Å². The quantitative estimate of drug-likeness (QED) is 0.927. The Morgan fingerprint density at radius 3 is 2.30 bits per heavy atom. The number of hydrogen-bond acceptors (Lipinski definition) is 3. The van der Waals surface area contributed by atoms with Gasteiger partial charge in [0.15, 0.2) is 0 Å². The van der Waals surface area contributed by atoms with Crippen molar-refractivity contribution in [1.82, 2.24) is 9.80 Å². The number of nitrogens with zero attached hydrogens (tertiary/aromatic N) is 2. The summed E-state index contributed by atoms with van der Waals surface area (Å²) in [6.07, 6.45) is 0.991. The second-order valence-electron chi connectivity index (χ2n) is 6.07. The molecule has 0 amide bonds. The van der Waals surface area contributed by atoms with Gasteiger partial charge in [0.1, 0.15) is 0 Å². The Bertz CT molecular complexity index is 408. The number of hydrogen-bond donors (Lipinski definition) is 1. The van der Waals surface area contributed by atoms with Crippen molar-refractivity contribution in [2.45, 2.75) is 38.4 Å². The van der Waals surface area contributed by atoms with Crippen LogP contribution in [-0.4, -0.2) is 48.6 Å². The monoisotopic (exact) mass is 295 g/mol. The summed E-state index contributed by atoms with van der Waals surface area (Å²) in [7, 11) is 2.21. The van der Waals surface area contributed by atoms with Gasteiger partial charge in [-0.1, -0.05) is 23.7 Å². The first kappa shape index (κ1) is 15.8. The van der Waals surface area contributed by atoms with E-state index >= 15 is 0 Å². The fraction of sp³-hybridized carbons (Fsp3) is 0.625. The maximum Gasteiger partial charge on any atom is 0.0406 e. The van der Waals surface area contributed by atoms with Crippen LogP contribution < -0.4 is 5.73 Å². The van der Waals surface area contributed by atoms with Crippen molar-refractivity contribution in [2.75, 3.05) is 26.7 Å². The lowest BCUT2D eigenvalue weighted by Crippen LogP contribution is -2.55. The van der Waals surface area contributed by atoms with Crippen molar-refractivity contribution < 1.29 is 0 Å². The topological polar surface area (TPSA) is 32.5 Å². The lowest BCUT2D eigenvalue weighted by atomic mass is 10.0. The first-order valence-electron chi connectivity index (χ1n) is 7.42. The maximum absolute atomic E-state index is 6.28. The summed E-state index contributed by atoms with van der Waals surface area (Å²) < 4.78 is 0. The number of halogens is 1. The van der Waals surface area contributed by atoms with Crippen molar-refractivity contribution in [3.63, 3.8) is 0 Å². The van der Waals surface area contributed by atoms with Gasteiger partial charge < -0.3 is 10.6 Å². The van der Waals surface area contributed by atoms with Crippen LogP contribution in [0.3, 0.4) is 0 Å². The van der Waals surface area contributed by atoms with Crippen LogP contribution in [0.25, 0.3) is 0 Å². The standard InChI is InChI=1S/C16H26ClN3/c1-12-10-20(11-13(2)19(12)3)9-8-16(18)14-4-6-15(17)7-5-14/h4-7,12-13,16H,8-11,18H2,1-3H3. The van der Waals surface area contributed by atoms with Crippen LogP contribution in [0, 0.1) is 0 Å². The van der Waals surface area contributed by atoms with Gasteiger partial charge in [0, 0.05) is 42.8 Å². The van der Waals surface area contributed by atoms with Crippen LogP contribution in [0.4, 0.5) is 0 Å². The molecule has 0 aromatic heterocycles. The van der Waals surface area contributed by atoms with Crippen LogP contribution in [0.1, 0.15) is 31.9 Å². The van der Waals surface area contributed by atoms with E-state index in [2.05, 4.69) is 30.7 Å². The third kappa shape index (κ3) is 3.95.